The molecule has 1 unspecified atom stereocenters. The van der Waals surface area contributed by atoms with Gasteiger partial charge in [0.25, 0.3) is 5.91 Å². The minimum Gasteiger partial charge on any atom is -0.367 e. The van der Waals surface area contributed by atoms with Crippen LogP contribution >= 0.6 is 0 Å². The monoisotopic (exact) mass is 420 g/mol. The number of likely N-dealkylation sites (tertiary alicyclic amines) is 1. The van der Waals surface area contributed by atoms with Crippen LogP contribution in [0.4, 0.5) is 11.4 Å². The Morgan fingerprint density at radius 2 is 1.65 bits per heavy atom. The minimum absolute atomic E-state index is 0.00276. The second-order valence-corrected chi connectivity index (χ2v) is 8.75. The Morgan fingerprint density at radius 1 is 0.935 bits per heavy atom. The Balaban J connectivity index is 1.42. The summed E-state index contributed by atoms with van der Waals surface area (Å²) in [5.74, 6) is -0.179. The molecule has 164 valence electrons. The Labute approximate surface area is 184 Å². The summed E-state index contributed by atoms with van der Waals surface area (Å²) in [7, 11) is 2.14. The third-order valence-electron chi connectivity index (χ3n) is 6.38. The van der Waals surface area contributed by atoms with Crippen molar-refractivity contribution in [3.05, 3.63) is 59.7 Å². The van der Waals surface area contributed by atoms with Gasteiger partial charge in [-0.25, -0.2) is 0 Å². The van der Waals surface area contributed by atoms with E-state index in [9.17, 15) is 9.59 Å². The van der Waals surface area contributed by atoms with Crippen molar-refractivity contribution in [3.8, 4) is 0 Å². The molecule has 2 heterocycles. The molecule has 0 radical (unpaired) electrons. The second-order valence-electron chi connectivity index (χ2n) is 8.75. The summed E-state index contributed by atoms with van der Waals surface area (Å²) < 4.78 is 0. The summed E-state index contributed by atoms with van der Waals surface area (Å²) in [6, 6.07) is 15.7. The highest BCUT2D eigenvalue weighted by Gasteiger charge is 2.29. The molecule has 2 aliphatic rings. The largest absolute Gasteiger partial charge is 0.367 e. The molecular formula is C25H32N4O2. The van der Waals surface area contributed by atoms with E-state index in [2.05, 4.69) is 28.2 Å². The number of nitrogens with zero attached hydrogens (tertiary/aromatic N) is 3. The first kappa shape index (κ1) is 21.4. The molecule has 6 nitrogen and oxygen atoms in total. The van der Waals surface area contributed by atoms with Gasteiger partial charge in [-0.1, -0.05) is 29.8 Å². The number of aryl methyl sites for hydroxylation is 1. The Kier molecular flexibility index (Phi) is 6.56. The Bertz CT molecular complexity index is 919. The molecule has 1 atom stereocenters. The van der Waals surface area contributed by atoms with E-state index < -0.39 is 0 Å². The van der Waals surface area contributed by atoms with Gasteiger partial charge < -0.3 is 20.0 Å². The maximum absolute atomic E-state index is 13.1. The minimum atomic E-state index is -0.191. The normalized spacial score (nSPS) is 19.9. The number of amides is 2. The standard InChI is InChI=1S/C25H32N4O2/c1-19-9-11-20(12-10-19)25(31)29-13-5-6-21(18-29)24(30)26-22-7-3-4-8-23(22)28-16-14-27(2)15-17-28/h3-4,7-12,21H,5-6,13-18H2,1-2H3,(H,26,30). The van der Waals surface area contributed by atoms with Crippen molar-refractivity contribution >= 4 is 23.2 Å². The summed E-state index contributed by atoms with van der Waals surface area (Å²) >= 11 is 0. The van der Waals surface area contributed by atoms with Crippen LogP contribution in [-0.2, 0) is 4.79 Å². The van der Waals surface area contributed by atoms with Crippen LogP contribution in [0.5, 0.6) is 0 Å². The number of nitrogens with one attached hydrogen (secondary N) is 1. The summed E-state index contributed by atoms with van der Waals surface area (Å²) in [5, 5.41) is 3.16. The van der Waals surface area contributed by atoms with Crippen LogP contribution in [0.1, 0.15) is 28.8 Å². The number of carbonyl (C=O) groups is 2. The average Bonchev–Trinajstić information content (AvgIpc) is 2.80. The van der Waals surface area contributed by atoms with Gasteiger partial charge in [0, 0.05) is 44.8 Å². The van der Waals surface area contributed by atoms with Crippen LogP contribution in [0.3, 0.4) is 0 Å². The van der Waals surface area contributed by atoms with Gasteiger partial charge in [-0.05, 0) is 51.1 Å². The fourth-order valence-electron chi connectivity index (χ4n) is 4.39. The van der Waals surface area contributed by atoms with E-state index in [4.69, 9.17) is 0 Å². The second kappa shape index (κ2) is 9.52. The maximum atomic E-state index is 13.1. The fraction of sp³-hybridized carbons (Fsp3) is 0.440. The number of hydrogen-bond donors (Lipinski definition) is 1. The van der Waals surface area contributed by atoms with E-state index in [-0.39, 0.29) is 17.7 Å². The molecule has 0 aliphatic carbocycles. The van der Waals surface area contributed by atoms with Crippen LogP contribution in [0.25, 0.3) is 0 Å². The lowest BCUT2D eigenvalue weighted by Gasteiger charge is -2.35. The van der Waals surface area contributed by atoms with Crippen LogP contribution in [0.15, 0.2) is 48.5 Å². The third-order valence-corrected chi connectivity index (χ3v) is 6.38. The zero-order chi connectivity index (χ0) is 21.8. The maximum Gasteiger partial charge on any atom is 0.253 e. The summed E-state index contributed by atoms with van der Waals surface area (Å²) in [5.41, 5.74) is 3.75. The smallest absolute Gasteiger partial charge is 0.253 e. The van der Waals surface area contributed by atoms with Crippen molar-refractivity contribution in [2.75, 3.05) is 56.5 Å². The zero-order valence-electron chi connectivity index (χ0n) is 18.5. The molecule has 0 aromatic heterocycles. The van der Waals surface area contributed by atoms with Gasteiger partial charge in [0.2, 0.25) is 5.91 Å². The van der Waals surface area contributed by atoms with Gasteiger partial charge in [0.1, 0.15) is 0 Å². The fourth-order valence-corrected chi connectivity index (χ4v) is 4.39. The number of piperazine rings is 1. The van der Waals surface area contributed by atoms with Crippen LogP contribution in [0, 0.1) is 12.8 Å². The molecule has 2 aliphatic heterocycles. The van der Waals surface area contributed by atoms with E-state index in [1.54, 1.807) is 0 Å². The van der Waals surface area contributed by atoms with E-state index >= 15 is 0 Å². The molecule has 0 bridgehead atoms. The quantitative estimate of drug-likeness (QED) is 0.825. The zero-order valence-corrected chi connectivity index (χ0v) is 18.5. The van der Waals surface area contributed by atoms with Crippen molar-refractivity contribution in [1.82, 2.24) is 9.80 Å². The van der Waals surface area contributed by atoms with Gasteiger partial charge in [-0.3, -0.25) is 9.59 Å². The van der Waals surface area contributed by atoms with Crippen molar-refractivity contribution in [2.24, 2.45) is 5.92 Å². The van der Waals surface area contributed by atoms with E-state index in [0.29, 0.717) is 18.7 Å². The van der Waals surface area contributed by atoms with E-state index in [1.807, 2.05) is 54.3 Å². The molecule has 2 saturated heterocycles. The predicted molar refractivity (Wildman–Crippen MR) is 125 cm³/mol. The van der Waals surface area contributed by atoms with Gasteiger partial charge in [0.05, 0.1) is 17.3 Å². The highest BCUT2D eigenvalue weighted by molar-refractivity contribution is 5.98. The topological polar surface area (TPSA) is 55.9 Å². The average molecular weight is 421 g/mol. The highest BCUT2D eigenvalue weighted by atomic mass is 16.2. The predicted octanol–water partition coefficient (Wildman–Crippen LogP) is 3.24. The summed E-state index contributed by atoms with van der Waals surface area (Å²) in [4.78, 5) is 32.5. The van der Waals surface area contributed by atoms with E-state index in [1.165, 1.54) is 0 Å². The lowest BCUT2D eigenvalue weighted by Crippen LogP contribution is -2.45. The molecule has 1 N–H and O–H groups in total. The van der Waals surface area contributed by atoms with Crippen LogP contribution in [0.2, 0.25) is 0 Å². The molecule has 2 aromatic rings. The van der Waals surface area contributed by atoms with Crippen molar-refractivity contribution < 1.29 is 9.59 Å². The van der Waals surface area contributed by atoms with Gasteiger partial charge in [0.15, 0.2) is 0 Å². The first-order valence-electron chi connectivity index (χ1n) is 11.2. The lowest BCUT2D eigenvalue weighted by molar-refractivity contribution is -0.121. The molecule has 2 amide bonds. The van der Waals surface area contributed by atoms with Crippen molar-refractivity contribution in [2.45, 2.75) is 19.8 Å². The number of para-hydroxylation sites is 2. The molecule has 31 heavy (non-hydrogen) atoms. The number of benzene rings is 2. The molecule has 0 saturated carbocycles. The first-order valence-corrected chi connectivity index (χ1v) is 11.2. The molecule has 0 spiro atoms. The Hall–Kier alpha value is -2.86. The summed E-state index contributed by atoms with van der Waals surface area (Å²) in [6.45, 7) is 7.11. The Morgan fingerprint density at radius 3 is 2.39 bits per heavy atom. The summed E-state index contributed by atoms with van der Waals surface area (Å²) in [6.07, 6.45) is 1.65. The van der Waals surface area contributed by atoms with Crippen LogP contribution < -0.4 is 10.2 Å². The molecule has 4 rings (SSSR count). The van der Waals surface area contributed by atoms with Gasteiger partial charge in [-0.2, -0.15) is 0 Å². The number of piperidine rings is 1. The number of anilines is 2. The molecular weight excluding hydrogens is 388 g/mol. The van der Waals surface area contributed by atoms with Gasteiger partial charge >= 0.3 is 0 Å². The molecule has 2 aromatic carbocycles. The first-order chi connectivity index (χ1) is 15.0. The number of rotatable bonds is 4. The van der Waals surface area contributed by atoms with Gasteiger partial charge in [-0.15, -0.1) is 0 Å². The highest BCUT2D eigenvalue weighted by Crippen LogP contribution is 2.28. The number of likely N-dealkylation sites (N-methyl/N-ethyl adjacent to an activating group) is 1. The number of carbonyl (C=O) groups excluding carboxylic acids is 2. The van der Waals surface area contributed by atoms with Crippen LogP contribution in [-0.4, -0.2) is 67.9 Å². The third kappa shape index (κ3) is 5.07. The van der Waals surface area contributed by atoms with Crippen molar-refractivity contribution in [3.63, 3.8) is 0 Å². The number of hydrogen-bond acceptors (Lipinski definition) is 4. The molecule has 6 heteroatoms. The molecule has 2 fully saturated rings. The van der Waals surface area contributed by atoms with E-state index in [0.717, 1.165) is 56.0 Å². The SMILES string of the molecule is Cc1ccc(C(=O)N2CCCC(C(=O)Nc3ccccc3N3CCN(C)CC3)C2)cc1. The van der Waals surface area contributed by atoms with Crippen molar-refractivity contribution in [1.29, 1.82) is 0 Å². The lowest BCUT2D eigenvalue weighted by atomic mass is 9.96.